The predicted octanol–water partition coefficient (Wildman–Crippen LogP) is 2.64. The van der Waals surface area contributed by atoms with Crippen molar-refractivity contribution in [3.05, 3.63) is 23.8 Å². The number of aromatic nitrogens is 2. The van der Waals surface area contributed by atoms with Gasteiger partial charge in [-0.05, 0) is 32.4 Å². The molecule has 0 bridgehead atoms. The van der Waals surface area contributed by atoms with Crippen LogP contribution >= 0.6 is 0 Å². The van der Waals surface area contributed by atoms with Crippen LogP contribution in [0.4, 0.5) is 5.95 Å². The molecule has 88 valence electrons. The largest absolute Gasteiger partial charge is 0.369 e. The third-order valence-electron chi connectivity index (χ3n) is 3.30. The Kier molecular flexibility index (Phi) is 2.55. The summed E-state index contributed by atoms with van der Waals surface area (Å²) in [4.78, 5) is 4.32. The summed E-state index contributed by atoms with van der Waals surface area (Å²) in [6.45, 7) is 6.34. The first kappa shape index (κ1) is 11.5. The van der Waals surface area contributed by atoms with E-state index in [0.29, 0.717) is 17.0 Å². The number of rotatable bonds is 2. The molecular weight excluding hydrogens is 212 g/mol. The molecule has 1 aromatic carbocycles. The first-order valence-electron chi connectivity index (χ1n) is 5.68. The summed E-state index contributed by atoms with van der Waals surface area (Å²) in [6, 6.07) is 7.73. The molecule has 0 aliphatic heterocycles. The second kappa shape index (κ2) is 3.77. The second-order valence-electron chi connectivity index (χ2n) is 4.76. The number of hydrogen-bond acceptors (Lipinski definition) is 3. The molecule has 0 saturated heterocycles. The van der Waals surface area contributed by atoms with Crippen LogP contribution in [0.15, 0.2) is 18.2 Å². The molecule has 0 spiro atoms. The molecule has 0 aliphatic rings. The molecule has 2 rings (SSSR count). The number of para-hydroxylation sites is 1. The lowest BCUT2D eigenvalue weighted by atomic mass is 10.0. The average Bonchev–Trinajstić information content (AvgIpc) is 2.65. The maximum atomic E-state index is 9.06. The monoisotopic (exact) mass is 228 g/mol. The van der Waals surface area contributed by atoms with Crippen molar-refractivity contribution in [3.63, 3.8) is 0 Å². The molecule has 0 unspecified atom stereocenters. The SMILES string of the molecule is CCC(C)(C)n1c(N)nc2c(C#N)cccc21. The van der Waals surface area contributed by atoms with Crippen LogP contribution < -0.4 is 5.73 Å². The lowest BCUT2D eigenvalue weighted by Gasteiger charge is -2.26. The Labute approximate surface area is 101 Å². The summed E-state index contributed by atoms with van der Waals surface area (Å²) in [6.07, 6.45) is 0.944. The van der Waals surface area contributed by atoms with E-state index in [-0.39, 0.29) is 5.54 Å². The highest BCUT2D eigenvalue weighted by Crippen LogP contribution is 2.30. The van der Waals surface area contributed by atoms with Crippen LogP contribution in [-0.4, -0.2) is 9.55 Å². The number of fused-ring (bicyclic) bond motifs is 1. The van der Waals surface area contributed by atoms with Crippen LogP contribution in [0.5, 0.6) is 0 Å². The number of benzene rings is 1. The smallest absolute Gasteiger partial charge is 0.201 e. The number of nitrogens with zero attached hydrogens (tertiary/aromatic N) is 3. The molecule has 0 amide bonds. The lowest BCUT2D eigenvalue weighted by molar-refractivity contribution is 0.357. The fourth-order valence-corrected chi connectivity index (χ4v) is 2.00. The minimum Gasteiger partial charge on any atom is -0.369 e. The zero-order valence-electron chi connectivity index (χ0n) is 10.4. The van der Waals surface area contributed by atoms with Gasteiger partial charge in [-0.25, -0.2) is 4.98 Å². The zero-order chi connectivity index (χ0) is 12.6. The van der Waals surface area contributed by atoms with Gasteiger partial charge in [0.25, 0.3) is 0 Å². The van der Waals surface area contributed by atoms with E-state index in [0.717, 1.165) is 11.9 Å². The van der Waals surface area contributed by atoms with E-state index in [2.05, 4.69) is 31.8 Å². The molecule has 0 fully saturated rings. The highest BCUT2D eigenvalue weighted by molar-refractivity contribution is 5.84. The molecule has 4 nitrogen and oxygen atoms in total. The summed E-state index contributed by atoms with van der Waals surface area (Å²) < 4.78 is 2.00. The van der Waals surface area contributed by atoms with Crippen LogP contribution in [0, 0.1) is 11.3 Å². The molecule has 1 heterocycles. The van der Waals surface area contributed by atoms with Crippen LogP contribution in [0.2, 0.25) is 0 Å². The highest BCUT2D eigenvalue weighted by atomic mass is 15.2. The molecule has 0 radical (unpaired) electrons. The zero-order valence-corrected chi connectivity index (χ0v) is 10.4. The van der Waals surface area contributed by atoms with Crippen LogP contribution in [0.25, 0.3) is 11.0 Å². The van der Waals surface area contributed by atoms with Gasteiger partial charge in [-0.15, -0.1) is 0 Å². The van der Waals surface area contributed by atoms with Crippen molar-refractivity contribution in [2.75, 3.05) is 5.73 Å². The first-order chi connectivity index (χ1) is 8.01. The van der Waals surface area contributed by atoms with Gasteiger partial charge in [0.2, 0.25) is 5.95 Å². The van der Waals surface area contributed by atoms with E-state index < -0.39 is 0 Å². The summed E-state index contributed by atoms with van der Waals surface area (Å²) in [5, 5.41) is 9.06. The molecule has 1 aromatic heterocycles. The molecule has 0 aliphatic carbocycles. The van der Waals surface area contributed by atoms with E-state index in [1.54, 1.807) is 6.07 Å². The summed E-state index contributed by atoms with van der Waals surface area (Å²) in [5.74, 6) is 0.467. The summed E-state index contributed by atoms with van der Waals surface area (Å²) >= 11 is 0. The Bertz CT molecular complexity index is 602. The third-order valence-corrected chi connectivity index (χ3v) is 3.30. The van der Waals surface area contributed by atoms with Gasteiger partial charge in [0.05, 0.1) is 11.1 Å². The molecular formula is C13H16N4. The van der Waals surface area contributed by atoms with E-state index in [1.807, 2.05) is 16.7 Å². The Morgan fingerprint density at radius 2 is 2.18 bits per heavy atom. The standard InChI is InChI=1S/C13H16N4/c1-4-13(2,3)17-10-7-5-6-9(8-14)11(10)16-12(17)15/h5-7H,4H2,1-3H3,(H2,15,16). The van der Waals surface area contributed by atoms with E-state index in [9.17, 15) is 0 Å². The van der Waals surface area contributed by atoms with Crippen molar-refractivity contribution in [2.24, 2.45) is 0 Å². The van der Waals surface area contributed by atoms with Crippen molar-refractivity contribution < 1.29 is 0 Å². The van der Waals surface area contributed by atoms with Gasteiger partial charge >= 0.3 is 0 Å². The maximum absolute atomic E-state index is 9.06. The van der Waals surface area contributed by atoms with Crippen molar-refractivity contribution in [1.82, 2.24) is 9.55 Å². The number of anilines is 1. The topological polar surface area (TPSA) is 67.6 Å². The molecule has 2 aromatic rings. The van der Waals surface area contributed by atoms with Gasteiger partial charge in [-0.3, -0.25) is 0 Å². The quantitative estimate of drug-likeness (QED) is 0.859. The van der Waals surface area contributed by atoms with Gasteiger partial charge < -0.3 is 10.3 Å². The number of imidazole rings is 1. The highest BCUT2D eigenvalue weighted by Gasteiger charge is 2.23. The van der Waals surface area contributed by atoms with Crippen LogP contribution in [0.3, 0.4) is 0 Å². The van der Waals surface area contributed by atoms with Gasteiger partial charge in [0, 0.05) is 5.54 Å². The third kappa shape index (κ3) is 1.64. The Morgan fingerprint density at radius 1 is 1.47 bits per heavy atom. The molecule has 17 heavy (non-hydrogen) atoms. The Morgan fingerprint density at radius 3 is 2.76 bits per heavy atom. The molecule has 0 atom stereocenters. The van der Waals surface area contributed by atoms with Crippen molar-refractivity contribution in [3.8, 4) is 6.07 Å². The van der Waals surface area contributed by atoms with Crippen LogP contribution in [0.1, 0.15) is 32.8 Å². The fourth-order valence-electron chi connectivity index (χ4n) is 2.00. The molecule has 2 N–H and O–H groups in total. The average molecular weight is 228 g/mol. The Balaban J connectivity index is 2.83. The fraction of sp³-hybridized carbons (Fsp3) is 0.385. The van der Waals surface area contributed by atoms with E-state index in [4.69, 9.17) is 11.0 Å². The van der Waals surface area contributed by atoms with Gasteiger partial charge in [0.1, 0.15) is 11.6 Å². The molecule has 4 heteroatoms. The van der Waals surface area contributed by atoms with Crippen LogP contribution in [-0.2, 0) is 5.54 Å². The number of nitriles is 1. The normalized spacial score (nSPS) is 11.6. The van der Waals surface area contributed by atoms with Gasteiger partial charge in [0.15, 0.2) is 0 Å². The predicted molar refractivity (Wildman–Crippen MR) is 68.5 cm³/mol. The number of hydrogen-bond donors (Lipinski definition) is 1. The summed E-state index contributed by atoms with van der Waals surface area (Å²) in [5.41, 5.74) is 8.06. The van der Waals surface area contributed by atoms with Crippen molar-refractivity contribution in [1.29, 1.82) is 5.26 Å². The van der Waals surface area contributed by atoms with Crippen molar-refractivity contribution >= 4 is 17.0 Å². The maximum Gasteiger partial charge on any atom is 0.201 e. The minimum absolute atomic E-state index is 0.104. The van der Waals surface area contributed by atoms with E-state index >= 15 is 0 Å². The first-order valence-corrected chi connectivity index (χ1v) is 5.68. The number of nitrogen functional groups attached to an aromatic ring is 1. The minimum atomic E-state index is -0.104. The second-order valence-corrected chi connectivity index (χ2v) is 4.76. The summed E-state index contributed by atoms with van der Waals surface area (Å²) in [7, 11) is 0. The Hall–Kier alpha value is -2.02. The van der Waals surface area contributed by atoms with Gasteiger partial charge in [-0.1, -0.05) is 13.0 Å². The lowest BCUT2D eigenvalue weighted by Crippen LogP contribution is -2.26. The van der Waals surface area contributed by atoms with E-state index in [1.165, 1.54) is 0 Å². The molecule has 0 saturated carbocycles. The van der Waals surface area contributed by atoms with Gasteiger partial charge in [-0.2, -0.15) is 5.26 Å². The number of nitrogens with two attached hydrogens (primary N) is 1. The van der Waals surface area contributed by atoms with Crippen molar-refractivity contribution in [2.45, 2.75) is 32.7 Å².